The number of para-hydroxylation sites is 1. The van der Waals surface area contributed by atoms with E-state index < -0.39 is 0 Å². The highest BCUT2D eigenvalue weighted by atomic mass is 32.1. The monoisotopic (exact) mass is 408 g/mol. The van der Waals surface area contributed by atoms with E-state index in [0.29, 0.717) is 19.6 Å². The first-order valence-corrected chi connectivity index (χ1v) is 10.9. The standard InChI is InChI=1S/C22H24N4O2S/c1-23-18(10-17-4-2-3-5-19(17)23)12-24-7-8-26-20(13-24)22(28)25(14-21(26)27)11-16-6-9-29-15-16/h2-6,9-10,15,20H,7-8,11-14H2,1H3. The van der Waals surface area contributed by atoms with Crippen molar-refractivity contribution in [3.8, 4) is 0 Å². The van der Waals surface area contributed by atoms with E-state index in [1.165, 1.54) is 16.6 Å². The van der Waals surface area contributed by atoms with Gasteiger partial charge in [-0.1, -0.05) is 18.2 Å². The van der Waals surface area contributed by atoms with Crippen LogP contribution in [0.1, 0.15) is 11.3 Å². The molecule has 7 heteroatoms. The Morgan fingerprint density at radius 1 is 1.10 bits per heavy atom. The molecule has 2 amide bonds. The summed E-state index contributed by atoms with van der Waals surface area (Å²) in [6, 6.07) is 12.2. The van der Waals surface area contributed by atoms with Gasteiger partial charge in [0.25, 0.3) is 0 Å². The van der Waals surface area contributed by atoms with Crippen LogP contribution >= 0.6 is 11.3 Å². The van der Waals surface area contributed by atoms with E-state index >= 15 is 0 Å². The molecule has 3 aromatic rings. The predicted molar refractivity (Wildman–Crippen MR) is 113 cm³/mol. The summed E-state index contributed by atoms with van der Waals surface area (Å²) in [4.78, 5) is 31.6. The number of amides is 2. The van der Waals surface area contributed by atoms with Crippen LogP contribution in [0.15, 0.2) is 47.2 Å². The maximum absolute atomic E-state index is 13.1. The van der Waals surface area contributed by atoms with Crippen molar-refractivity contribution in [3.63, 3.8) is 0 Å². The number of thiophene rings is 1. The first-order valence-electron chi connectivity index (χ1n) is 9.95. The number of carbonyl (C=O) groups is 2. The quantitative estimate of drug-likeness (QED) is 0.666. The topological polar surface area (TPSA) is 48.8 Å². The van der Waals surface area contributed by atoms with Gasteiger partial charge in [-0.3, -0.25) is 14.5 Å². The lowest BCUT2D eigenvalue weighted by molar-refractivity contribution is -0.160. The number of rotatable bonds is 4. The Morgan fingerprint density at radius 2 is 1.97 bits per heavy atom. The van der Waals surface area contributed by atoms with Crippen LogP contribution < -0.4 is 0 Å². The third kappa shape index (κ3) is 3.34. The lowest BCUT2D eigenvalue weighted by atomic mass is 10.1. The number of fused-ring (bicyclic) bond motifs is 2. The molecular weight excluding hydrogens is 384 g/mol. The Bertz CT molecular complexity index is 1060. The van der Waals surface area contributed by atoms with Gasteiger partial charge in [0.15, 0.2) is 0 Å². The summed E-state index contributed by atoms with van der Waals surface area (Å²) >= 11 is 1.61. The van der Waals surface area contributed by atoms with Gasteiger partial charge in [-0.05, 0) is 39.9 Å². The molecule has 1 aromatic carbocycles. The van der Waals surface area contributed by atoms with Crippen molar-refractivity contribution in [1.82, 2.24) is 19.3 Å². The Morgan fingerprint density at radius 3 is 2.76 bits per heavy atom. The molecule has 29 heavy (non-hydrogen) atoms. The molecule has 2 aliphatic heterocycles. The molecule has 0 N–H and O–H groups in total. The molecule has 0 radical (unpaired) electrons. The van der Waals surface area contributed by atoms with Crippen molar-refractivity contribution < 1.29 is 9.59 Å². The van der Waals surface area contributed by atoms with Gasteiger partial charge >= 0.3 is 0 Å². The largest absolute Gasteiger partial charge is 0.346 e. The molecular formula is C22H24N4O2S. The SMILES string of the molecule is Cn1c(CN2CCN3C(=O)CN(Cc4ccsc4)C(=O)C3C2)cc2ccccc21. The van der Waals surface area contributed by atoms with Gasteiger partial charge in [0.05, 0.1) is 0 Å². The fraction of sp³-hybridized carbons (Fsp3) is 0.364. The van der Waals surface area contributed by atoms with Crippen LogP contribution in [0.2, 0.25) is 0 Å². The number of carbonyl (C=O) groups excluding carboxylic acids is 2. The van der Waals surface area contributed by atoms with Crippen LogP contribution in [0.25, 0.3) is 10.9 Å². The highest BCUT2D eigenvalue weighted by Crippen LogP contribution is 2.24. The first-order chi connectivity index (χ1) is 14.1. The van der Waals surface area contributed by atoms with E-state index in [9.17, 15) is 9.59 Å². The zero-order valence-corrected chi connectivity index (χ0v) is 17.3. The minimum Gasteiger partial charge on any atom is -0.346 e. The molecule has 0 aliphatic carbocycles. The molecule has 150 valence electrons. The Labute approximate surface area is 173 Å². The van der Waals surface area contributed by atoms with Crippen LogP contribution in [-0.2, 0) is 29.7 Å². The average molecular weight is 409 g/mol. The Kier molecular flexibility index (Phi) is 4.64. The van der Waals surface area contributed by atoms with Gasteiger partial charge in [0.1, 0.15) is 12.6 Å². The van der Waals surface area contributed by atoms with Crippen molar-refractivity contribution in [3.05, 3.63) is 58.4 Å². The zero-order valence-electron chi connectivity index (χ0n) is 16.5. The number of nitrogens with zero attached hydrogens (tertiary/aromatic N) is 4. The molecule has 1 unspecified atom stereocenters. The van der Waals surface area contributed by atoms with Gasteiger partial charge in [0, 0.05) is 51.0 Å². The maximum Gasteiger partial charge on any atom is 0.247 e. The lowest BCUT2D eigenvalue weighted by Crippen LogP contribution is -2.66. The van der Waals surface area contributed by atoms with E-state index in [1.54, 1.807) is 21.1 Å². The number of aryl methyl sites for hydroxylation is 1. The second-order valence-electron chi connectivity index (χ2n) is 7.92. The summed E-state index contributed by atoms with van der Waals surface area (Å²) in [5.74, 6) is 0.131. The summed E-state index contributed by atoms with van der Waals surface area (Å²) in [5.41, 5.74) is 3.53. The molecule has 2 aromatic heterocycles. The smallest absolute Gasteiger partial charge is 0.247 e. The fourth-order valence-electron chi connectivity index (χ4n) is 4.50. The molecule has 2 fully saturated rings. The van der Waals surface area contributed by atoms with Crippen molar-refractivity contribution in [1.29, 1.82) is 0 Å². The van der Waals surface area contributed by atoms with Crippen LogP contribution in [0, 0.1) is 0 Å². The van der Waals surface area contributed by atoms with E-state index in [4.69, 9.17) is 0 Å². The normalized spacial score (nSPS) is 20.5. The summed E-state index contributed by atoms with van der Waals surface area (Å²) < 4.78 is 2.22. The summed E-state index contributed by atoms with van der Waals surface area (Å²) in [6.07, 6.45) is 0. The molecule has 6 nitrogen and oxygen atoms in total. The van der Waals surface area contributed by atoms with Crippen LogP contribution in [-0.4, -0.2) is 63.3 Å². The molecule has 2 saturated heterocycles. The van der Waals surface area contributed by atoms with Crippen molar-refractivity contribution in [2.45, 2.75) is 19.1 Å². The van der Waals surface area contributed by atoms with E-state index in [2.05, 4.69) is 46.8 Å². The van der Waals surface area contributed by atoms with Gasteiger partial charge in [0.2, 0.25) is 11.8 Å². The molecule has 0 spiro atoms. The van der Waals surface area contributed by atoms with E-state index in [1.807, 2.05) is 16.8 Å². The second kappa shape index (κ2) is 7.31. The predicted octanol–water partition coefficient (Wildman–Crippen LogP) is 2.29. The van der Waals surface area contributed by atoms with Crippen LogP contribution in [0.5, 0.6) is 0 Å². The number of hydrogen-bond acceptors (Lipinski definition) is 4. The van der Waals surface area contributed by atoms with Gasteiger partial charge in [-0.25, -0.2) is 0 Å². The van der Waals surface area contributed by atoms with Crippen LogP contribution in [0.3, 0.4) is 0 Å². The summed E-state index contributed by atoms with van der Waals surface area (Å²) in [6.45, 7) is 3.48. The molecule has 5 rings (SSSR count). The van der Waals surface area contributed by atoms with E-state index in [-0.39, 0.29) is 24.4 Å². The number of hydrogen-bond donors (Lipinski definition) is 0. The molecule has 0 bridgehead atoms. The summed E-state index contributed by atoms with van der Waals surface area (Å²) in [5, 5.41) is 5.27. The van der Waals surface area contributed by atoms with E-state index in [0.717, 1.165) is 18.7 Å². The molecule has 0 saturated carbocycles. The van der Waals surface area contributed by atoms with Crippen LogP contribution in [0.4, 0.5) is 0 Å². The van der Waals surface area contributed by atoms with Crippen molar-refractivity contribution >= 4 is 34.1 Å². The highest BCUT2D eigenvalue weighted by Gasteiger charge is 2.42. The average Bonchev–Trinajstić information content (AvgIpc) is 3.34. The first kappa shape index (κ1) is 18.4. The fourth-order valence-corrected chi connectivity index (χ4v) is 5.16. The minimum atomic E-state index is -0.377. The molecule has 2 aliphatic rings. The highest BCUT2D eigenvalue weighted by molar-refractivity contribution is 7.07. The maximum atomic E-state index is 13.1. The van der Waals surface area contributed by atoms with Gasteiger partial charge in [-0.15, -0.1) is 0 Å². The second-order valence-corrected chi connectivity index (χ2v) is 8.70. The minimum absolute atomic E-state index is 0.0640. The lowest BCUT2D eigenvalue weighted by Gasteiger charge is -2.46. The van der Waals surface area contributed by atoms with Gasteiger partial charge in [-0.2, -0.15) is 11.3 Å². The molecule has 4 heterocycles. The van der Waals surface area contributed by atoms with Gasteiger partial charge < -0.3 is 14.4 Å². The number of benzene rings is 1. The number of piperazine rings is 2. The number of aromatic nitrogens is 1. The Balaban J connectivity index is 1.33. The third-order valence-corrected chi connectivity index (χ3v) is 6.83. The Hall–Kier alpha value is -2.64. The van der Waals surface area contributed by atoms with Crippen molar-refractivity contribution in [2.24, 2.45) is 7.05 Å². The summed E-state index contributed by atoms with van der Waals surface area (Å²) in [7, 11) is 2.09. The third-order valence-electron chi connectivity index (χ3n) is 6.10. The molecule has 1 atom stereocenters. The van der Waals surface area contributed by atoms with Crippen molar-refractivity contribution in [2.75, 3.05) is 26.2 Å². The zero-order chi connectivity index (χ0) is 20.0.